The van der Waals surface area contributed by atoms with Crippen molar-refractivity contribution >= 4 is 23.3 Å². The maximum Gasteiger partial charge on any atom is 0.412 e. The van der Waals surface area contributed by atoms with Gasteiger partial charge in [-0.25, -0.2) is 4.79 Å². The van der Waals surface area contributed by atoms with Gasteiger partial charge in [0.2, 0.25) is 0 Å². The third kappa shape index (κ3) is 7.31. The van der Waals surface area contributed by atoms with Crippen molar-refractivity contribution < 1.29 is 9.53 Å². The van der Waals surface area contributed by atoms with Crippen LogP contribution in [0.3, 0.4) is 0 Å². The molecule has 4 heteroatoms. The predicted molar refractivity (Wildman–Crippen MR) is 75.3 cm³/mol. The molecular weight excluding hydrogens is 234 g/mol. The highest BCUT2D eigenvalue weighted by Gasteiger charge is 2.24. The quantitative estimate of drug-likeness (QED) is 0.553. The molecule has 0 saturated heterocycles. The molecule has 0 aromatic heterocycles. The van der Waals surface area contributed by atoms with Crippen LogP contribution in [-0.4, -0.2) is 17.7 Å². The van der Waals surface area contributed by atoms with Crippen molar-refractivity contribution in [2.24, 2.45) is 5.41 Å². The van der Waals surface area contributed by atoms with E-state index in [1.54, 1.807) is 6.92 Å². The Balaban J connectivity index is 4.02. The van der Waals surface area contributed by atoms with Gasteiger partial charge >= 0.3 is 6.09 Å². The lowest BCUT2D eigenvalue weighted by atomic mass is 9.86. The van der Waals surface area contributed by atoms with Gasteiger partial charge in [0.25, 0.3) is 0 Å². The van der Waals surface area contributed by atoms with Crippen LogP contribution < -0.4 is 5.32 Å². The highest BCUT2D eigenvalue weighted by atomic mass is 32.1. The maximum atomic E-state index is 11.3. The second-order valence-corrected chi connectivity index (χ2v) is 5.28. The van der Waals surface area contributed by atoms with Crippen molar-refractivity contribution in [3.05, 3.63) is 0 Å². The molecule has 0 bridgehead atoms. The molecule has 0 atom stereocenters. The fraction of sp³-hybridized carbons (Fsp3) is 0.846. The van der Waals surface area contributed by atoms with Crippen LogP contribution >= 0.6 is 12.2 Å². The van der Waals surface area contributed by atoms with Gasteiger partial charge in [-0.15, -0.1) is 0 Å². The highest BCUT2D eigenvalue weighted by Crippen LogP contribution is 2.25. The van der Waals surface area contributed by atoms with E-state index < -0.39 is 6.09 Å². The lowest BCUT2D eigenvalue weighted by molar-refractivity contribution is 0.157. The molecule has 0 fully saturated rings. The molecule has 0 aliphatic heterocycles. The Kier molecular flexibility index (Phi) is 8.13. The third-order valence-electron chi connectivity index (χ3n) is 2.76. The molecule has 0 radical (unpaired) electrons. The number of amides is 1. The summed E-state index contributed by atoms with van der Waals surface area (Å²) in [7, 11) is 0. The van der Waals surface area contributed by atoms with Crippen LogP contribution in [-0.2, 0) is 4.74 Å². The zero-order valence-corrected chi connectivity index (χ0v) is 12.3. The van der Waals surface area contributed by atoms with Gasteiger partial charge < -0.3 is 4.74 Å². The number of alkyl carbamates (subject to hydrolysis) is 1. The minimum Gasteiger partial charge on any atom is -0.450 e. The summed E-state index contributed by atoms with van der Waals surface area (Å²) in [6, 6.07) is 0. The summed E-state index contributed by atoms with van der Waals surface area (Å²) < 4.78 is 4.81. The largest absolute Gasteiger partial charge is 0.450 e. The van der Waals surface area contributed by atoms with E-state index in [1.807, 2.05) is 0 Å². The number of ether oxygens (including phenoxy) is 1. The lowest BCUT2D eigenvalue weighted by Crippen LogP contribution is -2.39. The highest BCUT2D eigenvalue weighted by molar-refractivity contribution is 7.80. The summed E-state index contributed by atoms with van der Waals surface area (Å²) in [5.41, 5.74) is -0.143. The third-order valence-corrected chi connectivity index (χ3v) is 3.42. The monoisotopic (exact) mass is 259 g/mol. The lowest BCUT2D eigenvalue weighted by Gasteiger charge is -2.25. The molecule has 0 heterocycles. The molecule has 17 heavy (non-hydrogen) atoms. The van der Waals surface area contributed by atoms with Crippen molar-refractivity contribution in [2.45, 2.75) is 59.8 Å². The van der Waals surface area contributed by atoms with Crippen LogP contribution in [0.1, 0.15) is 59.8 Å². The molecule has 0 spiro atoms. The summed E-state index contributed by atoms with van der Waals surface area (Å²) in [6.45, 7) is 8.46. The number of nitrogens with one attached hydrogen (secondary N) is 1. The van der Waals surface area contributed by atoms with E-state index in [4.69, 9.17) is 17.0 Å². The molecule has 0 rings (SSSR count). The van der Waals surface area contributed by atoms with Gasteiger partial charge in [-0.3, -0.25) is 5.32 Å². The van der Waals surface area contributed by atoms with Crippen molar-refractivity contribution in [1.29, 1.82) is 0 Å². The normalized spacial score (nSPS) is 11.1. The molecule has 0 aromatic carbocycles. The molecule has 0 saturated carbocycles. The Bertz CT molecular complexity index is 252. The standard InChI is InChI=1S/C13H25NO2S/c1-5-7-8-9-10-13(3,4)11(17)14-12(15)16-6-2/h5-10H2,1-4H3,(H,14,15,17). The van der Waals surface area contributed by atoms with Crippen LogP contribution in [0.25, 0.3) is 0 Å². The Hall–Kier alpha value is -0.640. The van der Waals surface area contributed by atoms with Crippen LogP contribution in [0.2, 0.25) is 0 Å². The van der Waals surface area contributed by atoms with Gasteiger partial charge in [-0.1, -0.05) is 58.7 Å². The van der Waals surface area contributed by atoms with E-state index in [9.17, 15) is 4.79 Å². The molecule has 100 valence electrons. The van der Waals surface area contributed by atoms with E-state index in [0.717, 1.165) is 12.8 Å². The Morgan fingerprint density at radius 3 is 2.41 bits per heavy atom. The zero-order valence-electron chi connectivity index (χ0n) is 11.5. The zero-order chi connectivity index (χ0) is 13.3. The second-order valence-electron chi connectivity index (χ2n) is 4.87. The van der Waals surface area contributed by atoms with Gasteiger partial charge in [-0.2, -0.15) is 0 Å². The molecule has 0 unspecified atom stereocenters. The predicted octanol–water partition coefficient (Wildman–Crippen LogP) is 4.06. The topological polar surface area (TPSA) is 38.3 Å². The first-order valence-electron chi connectivity index (χ1n) is 6.42. The average molecular weight is 259 g/mol. The van der Waals surface area contributed by atoms with Crippen molar-refractivity contribution in [1.82, 2.24) is 5.32 Å². The van der Waals surface area contributed by atoms with E-state index in [0.29, 0.717) is 11.6 Å². The molecule has 1 amide bonds. The Labute approximate surface area is 110 Å². The van der Waals surface area contributed by atoms with Crippen LogP contribution in [0.15, 0.2) is 0 Å². The molecule has 0 aliphatic rings. The van der Waals surface area contributed by atoms with Crippen LogP contribution in [0, 0.1) is 5.41 Å². The van der Waals surface area contributed by atoms with Gasteiger partial charge in [-0.05, 0) is 13.3 Å². The van der Waals surface area contributed by atoms with Gasteiger partial charge in [0.15, 0.2) is 0 Å². The molecular formula is C13H25NO2S. The smallest absolute Gasteiger partial charge is 0.412 e. The molecule has 3 nitrogen and oxygen atoms in total. The maximum absolute atomic E-state index is 11.3. The summed E-state index contributed by atoms with van der Waals surface area (Å²) in [5.74, 6) is 0. The van der Waals surface area contributed by atoms with Crippen molar-refractivity contribution in [3.8, 4) is 0 Å². The number of hydrogen-bond donors (Lipinski definition) is 1. The van der Waals surface area contributed by atoms with E-state index in [2.05, 4.69) is 26.1 Å². The first-order valence-corrected chi connectivity index (χ1v) is 6.83. The summed E-state index contributed by atoms with van der Waals surface area (Å²) in [6.07, 6.45) is 5.41. The summed E-state index contributed by atoms with van der Waals surface area (Å²) in [5, 5.41) is 2.63. The number of carbonyl (C=O) groups excluding carboxylic acids is 1. The van der Waals surface area contributed by atoms with E-state index in [-0.39, 0.29) is 5.41 Å². The molecule has 0 aromatic rings. The number of carbonyl (C=O) groups is 1. The minimum atomic E-state index is -0.445. The summed E-state index contributed by atoms with van der Waals surface area (Å²) >= 11 is 5.25. The minimum absolute atomic E-state index is 0.143. The van der Waals surface area contributed by atoms with Gasteiger partial charge in [0.1, 0.15) is 0 Å². The first kappa shape index (κ1) is 16.4. The Morgan fingerprint density at radius 1 is 1.24 bits per heavy atom. The first-order chi connectivity index (χ1) is 7.94. The number of unbranched alkanes of at least 4 members (excludes halogenated alkanes) is 3. The van der Waals surface area contributed by atoms with Gasteiger partial charge in [0.05, 0.1) is 11.6 Å². The number of thiocarbonyl (C=S) groups is 1. The van der Waals surface area contributed by atoms with E-state index in [1.165, 1.54) is 19.3 Å². The van der Waals surface area contributed by atoms with E-state index >= 15 is 0 Å². The number of hydrogen-bond acceptors (Lipinski definition) is 3. The number of rotatable bonds is 7. The Morgan fingerprint density at radius 2 is 1.88 bits per heavy atom. The van der Waals surface area contributed by atoms with Crippen LogP contribution in [0.4, 0.5) is 4.79 Å². The average Bonchev–Trinajstić information content (AvgIpc) is 2.24. The van der Waals surface area contributed by atoms with Crippen molar-refractivity contribution in [2.75, 3.05) is 6.61 Å². The molecule has 0 aliphatic carbocycles. The summed E-state index contributed by atoms with van der Waals surface area (Å²) in [4.78, 5) is 11.8. The second kappa shape index (κ2) is 8.45. The van der Waals surface area contributed by atoms with Crippen LogP contribution in [0.5, 0.6) is 0 Å². The molecule has 1 N–H and O–H groups in total. The SMILES string of the molecule is CCCCCCC(C)(C)C(=S)NC(=O)OCC. The fourth-order valence-electron chi connectivity index (χ4n) is 1.54. The van der Waals surface area contributed by atoms with Gasteiger partial charge in [0, 0.05) is 5.41 Å². The van der Waals surface area contributed by atoms with Crippen molar-refractivity contribution in [3.63, 3.8) is 0 Å². The fourth-order valence-corrected chi connectivity index (χ4v) is 1.72.